The number of hydrogen-bond acceptors (Lipinski definition) is 3. The van der Waals surface area contributed by atoms with Crippen molar-refractivity contribution in [2.75, 3.05) is 13.2 Å². The Balaban J connectivity index is 2.08. The van der Waals surface area contributed by atoms with Gasteiger partial charge in [-0.1, -0.05) is 43.7 Å². The first-order valence-electron chi connectivity index (χ1n) is 6.75. The van der Waals surface area contributed by atoms with Crippen molar-refractivity contribution in [2.24, 2.45) is 0 Å². The van der Waals surface area contributed by atoms with Crippen LogP contribution in [0.3, 0.4) is 0 Å². The van der Waals surface area contributed by atoms with E-state index in [0.717, 1.165) is 18.4 Å². The molecular formula is C15H25NO2. The molecule has 2 atom stereocenters. The molecule has 1 aromatic carbocycles. The van der Waals surface area contributed by atoms with E-state index < -0.39 is 6.10 Å². The maximum absolute atomic E-state index is 9.76. The molecule has 0 amide bonds. The van der Waals surface area contributed by atoms with Gasteiger partial charge in [0.2, 0.25) is 0 Å². The summed E-state index contributed by atoms with van der Waals surface area (Å²) >= 11 is 0. The van der Waals surface area contributed by atoms with Crippen molar-refractivity contribution in [3.05, 3.63) is 35.9 Å². The van der Waals surface area contributed by atoms with Crippen LogP contribution in [0.4, 0.5) is 0 Å². The van der Waals surface area contributed by atoms with Gasteiger partial charge in [-0.15, -0.1) is 0 Å². The van der Waals surface area contributed by atoms with Crippen molar-refractivity contribution in [1.29, 1.82) is 0 Å². The van der Waals surface area contributed by atoms with Gasteiger partial charge in [0.1, 0.15) is 0 Å². The summed E-state index contributed by atoms with van der Waals surface area (Å²) in [7, 11) is 0. The fraction of sp³-hybridized carbons (Fsp3) is 0.600. The molecule has 1 aromatic rings. The lowest BCUT2D eigenvalue weighted by Crippen LogP contribution is -2.35. The number of nitrogens with one attached hydrogen (secondary N) is 1. The summed E-state index contributed by atoms with van der Waals surface area (Å²) in [5.41, 5.74) is 1.14. The molecule has 2 N–H and O–H groups in total. The van der Waals surface area contributed by atoms with Crippen LogP contribution in [0.25, 0.3) is 0 Å². The molecular weight excluding hydrogens is 226 g/mol. The molecule has 102 valence electrons. The topological polar surface area (TPSA) is 41.5 Å². The minimum Gasteiger partial charge on any atom is -0.389 e. The molecule has 0 heterocycles. The van der Waals surface area contributed by atoms with Crippen LogP contribution in [0.1, 0.15) is 32.3 Å². The van der Waals surface area contributed by atoms with E-state index in [4.69, 9.17) is 4.74 Å². The zero-order chi connectivity index (χ0) is 13.2. The van der Waals surface area contributed by atoms with Gasteiger partial charge in [0, 0.05) is 12.6 Å². The normalized spacial score (nSPS) is 14.4. The lowest BCUT2D eigenvalue weighted by Gasteiger charge is -2.16. The Labute approximate surface area is 110 Å². The molecule has 0 fully saturated rings. The monoisotopic (exact) mass is 251 g/mol. The highest BCUT2D eigenvalue weighted by molar-refractivity contribution is 5.13. The van der Waals surface area contributed by atoms with Crippen molar-refractivity contribution in [2.45, 2.75) is 45.4 Å². The molecule has 3 nitrogen and oxygen atoms in total. The molecule has 2 unspecified atom stereocenters. The van der Waals surface area contributed by atoms with E-state index in [2.05, 4.69) is 19.2 Å². The second kappa shape index (κ2) is 9.09. The van der Waals surface area contributed by atoms with Gasteiger partial charge in [-0.2, -0.15) is 0 Å². The number of aliphatic hydroxyl groups excluding tert-OH is 1. The van der Waals surface area contributed by atoms with E-state index in [1.807, 2.05) is 30.3 Å². The Kier molecular flexibility index (Phi) is 7.65. The smallest absolute Gasteiger partial charge is 0.0897 e. The van der Waals surface area contributed by atoms with Gasteiger partial charge < -0.3 is 15.2 Å². The fourth-order valence-corrected chi connectivity index (χ4v) is 1.82. The van der Waals surface area contributed by atoms with Crippen molar-refractivity contribution in [1.82, 2.24) is 5.32 Å². The van der Waals surface area contributed by atoms with Gasteiger partial charge in [-0.25, -0.2) is 0 Å². The average molecular weight is 251 g/mol. The fourth-order valence-electron chi connectivity index (χ4n) is 1.82. The molecule has 0 radical (unpaired) electrons. The van der Waals surface area contributed by atoms with Crippen LogP contribution in [0.5, 0.6) is 0 Å². The molecule has 0 aromatic heterocycles. The van der Waals surface area contributed by atoms with Crippen LogP contribution in [0, 0.1) is 0 Å². The quantitative estimate of drug-likeness (QED) is 0.708. The molecule has 0 aliphatic carbocycles. The summed E-state index contributed by atoms with van der Waals surface area (Å²) in [4.78, 5) is 0. The minimum atomic E-state index is -0.437. The number of rotatable bonds is 9. The predicted octanol–water partition coefficient (Wildman–Crippen LogP) is 2.34. The van der Waals surface area contributed by atoms with E-state index in [9.17, 15) is 5.11 Å². The third-order valence-electron chi connectivity index (χ3n) is 2.85. The van der Waals surface area contributed by atoms with E-state index in [1.165, 1.54) is 0 Å². The molecule has 0 spiro atoms. The number of aliphatic hydroxyl groups is 1. The maximum atomic E-state index is 9.76. The highest BCUT2D eigenvalue weighted by atomic mass is 16.5. The van der Waals surface area contributed by atoms with Gasteiger partial charge in [0.05, 0.1) is 19.3 Å². The summed E-state index contributed by atoms with van der Waals surface area (Å²) < 4.78 is 5.48. The minimum absolute atomic E-state index is 0.376. The molecule has 0 saturated carbocycles. The summed E-state index contributed by atoms with van der Waals surface area (Å²) in [6.45, 7) is 5.83. The first-order chi connectivity index (χ1) is 8.72. The molecule has 0 saturated heterocycles. The molecule has 3 heteroatoms. The second-order valence-electron chi connectivity index (χ2n) is 4.75. The predicted molar refractivity (Wildman–Crippen MR) is 74.5 cm³/mol. The second-order valence-corrected chi connectivity index (χ2v) is 4.75. The summed E-state index contributed by atoms with van der Waals surface area (Å²) in [6.07, 6.45) is 1.86. The van der Waals surface area contributed by atoms with Gasteiger partial charge in [0.25, 0.3) is 0 Å². The van der Waals surface area contributed by atoms with Crippen molar-refractivity contribution in [3.8, 4) is 0 Å². The van der Waals surface area contributed by atoms with Gasteiger partial charge in [0.15, 0.2) is 0 Å². The lowest BCUT2D eigenvalue weighted by atomic mass is 10.2. The zero-order valence-corrected chi connectivity index (χ0v) is 11.4. The van der Waals surface area contributed by atoms with E-state index in [0.29, 0.717) is 25.8 Å². The molecule has 0 aliphatic rings. The SMILES string of the molecule is CCCC(C)NCC(O)COCc1ccccc1. The highest BCUT2D eigenvalue weighted by Gasteiger charge is 2.06. The number of benzene rings is 1. The molecule has 0 bridgehead atoms. The first-order valence-corrected chi connectivity index (χ1v) is 6.75. The van der Waals surface area contributed by atoms with Gasteiger partial charge in [-0.05, 0) is 18.9 Å². The summed E-state index contributed by atoms with van der Waals surface area (Å²) in [5.74, 6) is 0. The maximum Gasteiger partial charge on any atom is 0.0897 e. The Morgan fingerprint density at radius 3 is 2.67 bits per heavy atom. The van der Waals surface area contributed by atoms with Crippen LogP contribution < -0.4 is 5.32 Å². The molecule has 0 aliphatic heterocycles. The molecule has 1 rings (SSSR count). The van der Waals surface area contributed by atoms with Crippen LogP contribution >= 0.6 is 0 Å². The van der Waals surface area contributed by atoms with Crippen LogP contribution in [-0.4, -0.2) is 30.4 Å². The summed E-state index contributed by atoms with van der Waals surface area (Å²) in [5, 5.41) is 13.1. The average Bonchev–Trinajstić information content (AvgIpc) is 2.38. The Morgan fingerprint density at radius 1 is 1.28 bits per heavy atom. The number of hydrogen-bond donors (Lipinski definition) is 2. The largest absolute Gasteiger partial charge is 0.389 e. The van der Waals surface area contributed by atoms with E-state index in [1.54, 1.807) is 0 Å². The van der Waals surface area contributed by atoms with Crippen molar-refractivity contribution >= 4 is 0 Å². The van der Waals surface area contributed by atoms with E-state index in [-0.39, 0.29) is 0 Å². The van der Waals surface area contributed by atoms with Crippen LogP contribution in [0.2, 0.25) is 0 Å². The van der Waals surface area contributed by atoms with Crippen molar-refractivity contribution < 1.29 is 9.84 Å². The zero-order valence-electron chi connectivity index (χ0n) is 11.4. The Hall–Kier alpha value is -0.900. The third kappa shape index (κ3) is 6.74. The van der Waals surface area contributed by atoms with Crippen LogP contribution in [0.15, 0.2) is 30.3 Å². The standard InChI is InChI=1S/C15H25NO2/c1-3-7-13(2)16-10-15(17)12-18-11-14-8-5-4-6-9-14/h4-6,8-9,13,15-17H,3,7,10-12H2,1-2H3. The Bertz CT molecular complexity index is 303. The third-order valence-corrected chi connectivity index (χ3v) is 2.85. The van der Waals surface area contributed by atoms with Gasteiger partial charge in [-0.3, -0.25) is 0 Å². The lowest BCUT2D eigenvalue weighted by molar-refractivity contribution is 0.0277. The van der Waals surface area contributed by atoms with E-state index >= 15 is 0 Å². The first kappa shape index (κ1) is 15.2. The number of ether oxygens (including phenoxy) is 1. The van der Waals surface area contributed by atoms with Crippen LogP contribution in [-0.2, 0) is 11.3 Å². The highest BCUT2D eigenvalue weighted by Crippen LogP contribution is 2.01. The van der Waals surface area contributed by atoms with Crippen molar-refractivity contribution in [3.63, 3.8) is 0 Å². The Morgan fingerprint density at radius 2 is 2.00 bits per heavy atom. The summed E-state index contributed by atoms with van der Waals surface area (Å²) in [6, 6.07) is 10.5. The van der Waals surface area contributed by atoms with Gasteiger partial charge >= 0.3 is 0 Å². The molecule has 18 heavy (non-hydrogen) atoms.